The Morgan fingerprint density at radius 1 is 0.595 bits per heavy atom. The van der Waals surface area contributed by atoms with Crippen LogP contribution in [0.4, 0.5) is 0 Å². The Morgan fingerprint density at radius 2 is 1.07 bits per heavy atom. The Bertz CT molecular complexity index is 779. The van der Waals surface area contributed by atoms with E-state index >= 15 is 0 Å². The number of hydrogen-bond acceptors (Lipinski definition) is 8. The molecule has 241 valence electrons. The van der Waals surface area contributed by atoms with E-state index in [2.05, 4.69) is 16.0 Å². The molecular formula is C29H50N3O10. The zero-order valence-electron chi connectivity index (χ0n) is 24.8. The summed E-state index contributed by atoms with van der Waals surface area (Å²) in [4.78, 5) is 67.3. The average molecular weight is 601 g/mol. The predicted octanol–water partition coefficient (Wildman–Crippen LogP) is 2.26. The van der Waals surface area contributed by atoms with Crippen molar-refractivity contribution >= 4 is 35.9 Å². The molecule has 0 aromatic rings. The van der Waals surface area contributed by atoms with Gasteiger partial charge in [-0.3, -0.25) is 24.0 Å². The molecule has 0 bridgehead atoms. The number of aliphatic carboxylic acids is 2. The van der Waals surface area contributed by atoms with E-state index < -0.39 is 23.9 Å². The fourth-order valence-corrected chi connectivity index (χ4v) is 3.88. The van der Waals surface area contributed by atoms with Crippen molar-refractivity contribution in [3.63, 3.8) is 0 Å². The minimum atomic E-state index is -1.24. The molecule has 1 radical (unpaired) electrons. The van der Waals surface area contributed by atoms with Crippen LogP contribution < -0.4 is 16.0 Å². The van der Waals surface area contributed by atoms with Crippen LogP contribution in [0.3, 0.4) is 0 Å². The first kappa shape index (κ1) is 38.9. The molecule has 0 unspecified atom stereocenters. The van der Waals surface area contributed by atoms with Gasteiger partial charge in [-0.1, -0.05) is 38.5 Å². The first-order chi connectivity index (χ1) is 20.3. The minimum Gasteiger partial charge on any atom is -0.481 e. The molecule has 13 heteroatoms. The lowest BCUT2D eigenvalue weighted by molar-refractivity contribution is -0.142. The molecule has 3 amide bonds. The van der Waals surface area contributed by atoms with Crippen LogP contribution in [0.5, 0.6) is 0 Å². The van der Waals surface area contributed by atoms with E-state index in [4.69, 9.17) is 19.7 Å². The summed E-state index contributed by atoms with van der Waals surface area (Å²) < 4.78 is 10.9. The molecule has 0 aliphatic heterocycles. The third-order valence-electron chi connectivity index (χ3n) is 6.24. The summed E-state index contributed by atoms with van der Waals surface area (Å²) in [5.41, 5.74) is 0. The average Bonchev–Trinajstić information content (AvgIpc) is 2.95. The maximum absolute atomic E-state index is 11.9. The molecule has 0 aliphatic rings. The monoisotopic (exact) mass is 600 g/mol. The number of carbonyl (C=O) groups is 5. The molecule has 42 heavy (non-hydrogen) atoms. The minimum absolute atomic E-state index is 0.0516. The van der Waals surface area contributed by atoms with Crippen molar-refractivity contribution in [1.82, 2.24) is 16.0 Å². The van der Waals surface area contributed by atoms with Gasteiger partial charge in [0.15, 0.2) is 6.29 Å². The molecule has 0 aromatic heterocycles. The number of hydrogen-bond donors (Lipinski definition) is 5. The predicted molar refractivity (Wildman–Crippen MR) is 154 cm³/mol. The van der Waals surface area contributed by atoms with Gasteiger partial charge in [0.1, 0.15) is 6.04 Å². The summed E-state index contributed by atoms with van der Waals surface area (Å²) in [5.74, 6) is -2.82. The fourth-order valence-electron chi connectivity index (χ4n) is 3.88. The summed E-state index contributed by atoms with van der Waals surface area (Å²) in [5, 5.41) is 25.5. The zero-order chi connectivity index (χ0) is 31.3. The normalized spacial score (nSPS) is 11.4. The van der Waals surface area contributed by atoms with Gasteiger partial charge in [-0.15, -0.1) is 0 Å². The van der Waals surface area contributed by atoms with Gasteiger partial charge in [0, 0.05) is 58.4 Å². The van der Waals surface area contributed by atoms with E-state index in [1.807, 2.05) is 0 Å². The quantitative estimate of drug-likeness (QED) is 0.0762. The van der Waals surface area contributed by atoms with E-state index in [0.29, 0.717) is 58.8 Å². The van der Waals surface area contributed by atoms with Crippen LogP contribution in [0.1, 0.15) is 103 Å². The maximum atomic E-state index is 11.9. The number of rotatable bonds is 30. The van der Waals surface area contributed by atoms with Gasteiger partial charge in [0.25, 0.3) is 0 Å². The van der Waals surface area contributed by atoms with Crippen LogP contribution in [0.25, 0.3) is 0 Å². The van der Waals surface area contributed by atoms with Crippen molar-refractivity contribution in [2.75, 3.05) is 39.5 Å². The van der Waals surface area contributed by atoms with Gasteiger partial charge < -0.3 is 35.6 Å². The smallest absolute Gasteiger partial charge is 0.326 e. The summed E-state index contributed by atoms with van der Waals surface area (Å²) >= 11 is 0. The highest BCUT2D eigenvalue weighted by atomic mass is 16.5. The number of carboxylic acids is 2. The van der Waals surface area contributed by atoms with E-state index in [9.17, 15) is 28.8 Å². The Labute approximate surface area is 248 Å². The molecule has 0 rings (SSSR count). The molecule has 0 spiro atoms. The summed E-state index contributed by atoms with van der Waals surface area (Å²) in [6.07, 6.45) is 11.3. The maximum Gasteiger partial charge on any atom is 0.326 e. The zero-order valence-corrected chi connectivity index (χ0v) is 24.8. The number of nitrogens with one attached hydrogen (secondary N) is 3. The molecule has 0 aromatic carbocycles. The lowest BCUT2D eigenvalue weighted by Crippen LogP contribution is -2.41. The van der Waals surface area contributed by atoms with E-state index in [0.717, 1.165) is 51.4 Å². The highest BCUT2D eigenvalue weighted by molar-refractivity contribution is 5.87. The number of carboxylic acid groups (broad SMARTS) is 2. The Hall–Kier alpha value is -3.06. The van der Waals surface area contributed by atoms with Crippen LogP contribution in [0, 0.1) is 0 Å². The number of amides is 3. The molecule has 0 saturated carbocycles. The molecule has 0 heterocycles. The first-order valence-electron chi connectivity index (χ1n) is 15.0. The first-order valence-corrected chi connectivity index (χ1v) is 15.0. The highest BCUT2D eigenvalue weighted by Crippen LogP contribution is 2.10. The number of carbonyl (C=O) groups excluding carboxylic acids is 4. The molecule has 0 fully saturated rings. The van der Waals surface area contributed by atoms with Gasteiger partial charge in [0.2, 0.25) is 17.7 Å². The third-order valence-corrected chi connectivity index (χ3v) is 6.24. The van der Waals surface area contributed by atoms with Crippen LogP contribution in [-0.2, 0) is 38.2 Å². The molecule has 1 atom stereocenters. The third kappa shape index (κ3) is 27.1. The van der Waals surface area contributed by atoms with Crippen molar-refractivity contribution in [3.8, 4) is 0 Å². The lowest BCUT2D eigenvalue weighted by atomic mass is 10.1. The topological polar surface area (TPSA) is 197 Å². The van der Waals surface area contributed by atoms with Crippen molar-refractivity contribution < 1.29 is 48.5 Å². The number of unbranched alkanes of at least 4 members (excludes halogenated alkanes) is 7. The van der Waals surface area contributed by atoms with E-state index in [-0.39, 0.29) is 43.9 Å². The Balaban J connectivity index is 3.45. The molecule has 0 aliphatic carbocycles. The van der Waals surface area contributed by atoms with Gasteiger partial charge in [-0.25, -0.2) is 4.79 Å². The van der Waals surface area contributed by atoms with Crippen LogP contribution in [0.15, 0.2) is 0 Å². The molecule has 0 saturated heterocycles. The van der Waals surface area contributed by atoms with Crippen molar-refractivity contribution in [2.45, 2.75) is 109 Å². The van der Waals surface area contributed by atoms with Crippen molar-refractivity contribution in [1.29, 1.82) is 0 Å². The highest BCUT2D eigenvalue weighted by Gasteiger charge is 2.19. The second kappa shape index (κ2) is 28.1. The second-order valence-electron chi connectivity index (χ2n) is 10.00. The summed E-state index contributed by atoms with van der Waals surface area (Å²) in [6, 6.07) is -1.18. The number of ether oxygens (including phenoxy) is 2. The van der Waals surface area contributed by atoms with Gasteiger partial charge in [-0.2, -0.15) is 0 Å². The fraction of sp³-hybridized carbons (Fsp3) is 0.793. The largest absolute Gasteiger partial charge is 0.481 e. The SMILES string of the molecule is O=[C]CC[C@H](NC(=O)CCC(=O)NCCCOCCOCCCNC(=O)CCCCCCCCCCC(=O)O)C(=O)O. The van der Waals surface area contributed by atoms with Gasteiger partial charge in [0.05, 0.1) is 13.2 Å². The van der Waals surface area contributed by atoms with E-state index in [1.165, 1.54) is 0 Å². The molecule has 13 nitrogen and oxygen atoms in total. The molecular weight excluding hydrogens is 550 g/mol. The second-order valence-corrected chi connectivity index (χ2v) is 10.00. The molecule has 5 N–H and O–H groups in total. The lowest BCUT2D eigenvalue weighted by Gasteiger charge is -2.13. The standard InChI is InChI=1S/C29H50N3O10/c33-19-9-12-24(29(39)40)32-27(36)16-15-26(35)31-18-11-21-42-23-22-41-20-10-17-30-25(34)13-7-5-3-1-2-4-6-8-14-28(37)38/h24H,1-18,20-23H2,(H,30,34)(H,31,35)(H,32,36)(H,37,38)(H,39,40)/t24-/m0/s1. The van der Waals surface area contributed by atoms with Crippen molar-refractivity contribution in [3.05, 3.63) is 0 Å². The van der Waals surface area contributed by atoms with Gasteiger partial charge >= 0.3 is 11.9 Å². The Morgan fingerprint density at radius 3 is 1.57 bits per heavy atom. The summed E-state index contributed by atoms with van der Waals surface area (Å²) in [7, 11) is 0. The van der Waals surface area contributed by atoms with Crippen LogP contribution in [0.2, 0.25) is 0 Å². The van der Waals surface area contributed by atoms with E-state index in [1.54, 1.807) is 6.29 Å². The van der Waals surface area contributed by atoms with Crippen LogP contribution in [-0.4, -0.2) is 91.7 Å². The summed E-state index contributed by atoms with van der Waals surface area (Å²) in [6.45, 7) is 2.73. The van der Waals surface area contributed by atoms with Crippen LogP contribution >= 0.6 is 0 Å². The van der Waals surface area contributed by atoms with Gasteiger partial charge in [-0.05, 0) is 32.1 Å². The Kier molecular flexibility index (Phi) is 26.0. The van der Waals surface area contributed by atoms with Crippen molar-refractivity contribution in [2.24, 2.45) is 0 Å².